The number of sulfonamides is 1. The van der Waals surface area contributed by atoms with Gasteiger partial charge in [0.25, 0.3) is 14.4 Å². The molecule has 6 nitrogen and oxygen atoms in total. The molecule has 0 aliphatic rings. The van der Waals surface area contributed by atoms with Crippen LogP contribution in [0.2, 0.25) is 0 Å². The Morgan fingerprint density at radius 1 is 1.26 bits per heavy atom. The van der Waals surface area contributed by atoms with Gasteiger partial charge in [-0.05, 0) is 37.1 Å². The van der Waals surface area contributed by atoms with Gasteiger partial charge in [-0.3, -0.25) is 4.72 Å². The Kier molecular flexibility index (Phi) is 3.79. The number of aryl methyl sites for hydroxylation is 2. The van der Waals surface area contributed by atoms with E-state index in [1.54, 1.807) is 12.1 Å². The number of rotatable bonds is 3. The molecule has 9 heteroatoms. The zero-order valence-corrected chi connectivity index (χ0v) is 13.4. The molecule has 19 heavy (non-hydrogen) atoms. The highest BCUT2D eigenvalue weighted by Gasteiger charge is 2.20. The summed E-state index contributed by atoms with van der Waals surface area (Å²) in [6.45, 7) is 3.77. The molecule has 0 amide bonds. The van der Waals surface area contributed by atoms with Gasteiger partial charge >= 0.3 is 0 Å². The van der Waals surface area contributed by atoms with Gasteiger partial charge in [-0.15, -0.1) is 10.2 Å². The van der Waals surface area contributed by atoms with Crippen molar-refractivity contribution < 1.29 is 8.42 Å². The minimum Gasteiger partial charge on any atom is -0.374 e. The van der Waals surface area contributed by atoms with Crippen LogP contribution in [0.5, 0.6) is 0 Å². The Morgan fingerprint density at radius 2 is 1.84 bits per heavy atom. The lowest BCUT2D eigenvalue weighted by molar-refractivity contribution is 0.599. The SMILES string of the molecule is Cc1cc(NS(=O)(=O)c2nnc(N)s2)cc(C)c1Br. The first-order valence-electron chi connectivity index (χ1n) is 5.18. The van der Waals surface area contributed by atoms with Crippen LogP contribution in [0.15, 0.2) is 20.9 Å². The van der Waals surface area contributed by atoms with Gasteiger partial charge in [0.1, 0.15) is 0 Å². The third-order valence-corrected chi connectivity index (χ3v) is 6.09. The summed E-state index contributed by atoms with van der Waals surface area (Å²) >= 11 is 4.25. The maximum absolute atomic E-state index is 12.1. The lowest BCUT2D eigenvalue weighted by Gasteiger charge is -2.09. The summed E-state index contributed by atoms with van der Waals surface area (Å²) in [6.07, 6.45) is 0. The molecule has 0 saturated heterocycles. The van der Waals surface area contributed by atoms with Gasteiger partial charge in [-0.2, -0.15) is 8.42 Å². The Labute approximate surface area is 123 Å². The second-order valence-electron chi connectivity index (χ2n) is 3.94. The summed E-state index contributed by atoms with van der Waals surface area (Å²) < 4.78 is 27.4. The van der Waals surface area contributed by atoms with Crippen LogP contribution in [0.1, 0.15) is 11.1 Å². The monoisotopic (exact) mass is 362 g/mol. The van der Waals surface area contributed by atoms with Crippen LogP contribution in [0.4, 0.5) is 10.8 Å². The number of halogens is 1. The van der Waals surface area contributed by atoms with E-state index in [0.717, 1.165) is 26.9 Å². The van der Waals surface area contributed by atoms with Crippen molar-refractivity contribution in [3.63, 3.8) is 0 Å². The maximum Gasteiger partial charge on any atom is 0.291 e. The van der Waals surface area contributed by atoms with Crippen LogP contribution >= 0.6 is 27.3 Å². The van der Waals surface area contributed by atoms with Crippen molar-refractivity contribution in [2.75, 3.05) is 10.5 Å². The molecule has 3 N–H and O–H groups in total. The van der Waals surface area contributed by atoms with Crippen LogP contribution in [0.25, 0.3) is 0 Å². The molecule has 0 aliphatic heterocycles. The Bertz CT molecular complexity index is 704. The fourth-order valence-corrected chi connectivity index (χ4v) is 3.59. The van der Waals surface area contributed by atoms with Crippen molar-refractivity contribution in [3.8, 4) is 0 Å². The number of nitrogens with zero attached hydrogens (tertiary/aromatic N) is 2. The number of hydrogen-bond donors (Lipinski definition) is 2. The van der Waals surface area contributed by atoms with Crippen molar-refractivity contribution in [2.45, 2.75) is 18.2 Å². The highest BCUT2D eigenvalue weighted by atomic mass is 79.9. The Hall–Kier alpha value is -1.19. The van der Waals surface area contributed by atoms with Crippen LogP contribution in [0, 0.1) is 13.8 Å². The Morgan fingerprint density at radius 3 is 2.32 bits per heavy atom. The second-order valence-corrected chi connectivity index (χ2v) is 7.59. The van der Waals surface area contributed by atoms with E-state index < -0.39 is 10.0 Å². The van der Waals surface area contributed by atoms with E-state index in [2.05, 4.69) is 30.8 Å². The summed E-state index contributed by atoms with van der Waals surface area (Å²) in [4.78, 5) is 0. The van der Waals surface area contributed by atoms with Gasteiger partial charge in [-0.25, -0.2) is 0 Å². The number of anilines is 2. The Balaban J connectivity index is 2.36. The third kappa shape index (κ3) is 3.04. The summed E-state index contributed by atoms with van der Waals surface area (Å²) in [6, 6.07) is 3.47. The number of nitrogens with one attached hydrogen (secondary N) is 1. The molecular weight excluding hydrogens is 352 g/mol. The molecule has 0 atom stereocenters. The zero-order valence-electron chi connectivity index (χ0n) is 10.1. The highest BCUT2D eigenvalue weighted by molar-refractivity contribution is 9.10. The maximum atomic E-state index is 12.1. The molecule has 0 unspecified atom stereocenters. The first kappa shape index (κ1) is 14.2. The van der Waals surface area contributed by atoms with Crippen LogP contribution < -0.4 is 10.5 Å². The van der Waals surface area contributed by atoms with Gasteiger partial charge in [-0.1, -0.05) is 27.3 Å². The summed E-state index contributed by atoms with van der Waals surface area (Å²) in [7, 11) is -3.74. The minimum absolute atomic E-state index is 0.114. The quantitative estimate of drug-likeness (QED) is 0.872. The average Bonchev–Trinajstić information content (AvgIpc) is 2.73. The first-order chi connectivity index (χ1) is 8.79. The van der Waals surface area contributed by atoms with E-state index in [1.165, 1.54) is 0 Å². The van der Waals surface area contributed by atoms with E-state index in [4.69, 9.17) is 5.73 Å². The summed E-state index contributed by atoms with van der Waals surface area (Å²) in [5.74, 6) is 0. The van der Waals surface area contributed by atoms with E-state index in [9.17, 15) is 8.42 Å². The first-order valence-corrected chi connectivity index (χ1v) is 8.27. The fraction of sp³-hybridized carbons (Fsp3) is 0.200. The normalized spacial score (nSPS) is 11.5. The second kappa shape index (κ2) is 5.06. The lowest BCUT2D eigenvalue weighted by atomic mass is 10.1. The van der Waals surface area contributed by atoms with Gasteiger partial charge in [0.15, 0.2) is 0 Å². The molecule has 0 spiro atoms. The molecule has 0 aliphatic carbocycles. The van der Waals surface area contributed by atoms with Crippen molar-refractivity contribution in [2.24, 2.45) is 0 Å². The smallest absolute Gasteiger partial charge is 0.291 e. The number of nitrogen functional groups attached to an aromatic ring is 1. The van der Waals surface area contributed by atoms with Gasteiger partial charge in [0.05, 0.1) is 0 Å². The molecule has 0 bridgehead atoms. The number of benzene rings is 1. The average molecular weight is 363 g/mol. The lowest BCUT2D eigenvalue weighted by Crippen LogP contribution is -2.13. The molecule has 1 heterocycles. The number of nitrogens with two attached hydrogens (primary N) is 1. The molecule has 0 saturated carbocycles. The molecule has 102 valence electrons. The van der Waals surface area contributed by atoms with Crippen molar-refractivity contribution in [3.05, 3.63) is 27.7 Å². The topological polar surface area (TPSA) is 98.0 Å². The van der Waals surface area contributed by atoms with E-state index in [0.29, 0.717) is 5.69 Å². The molecule has 0 radical (unpaired) electrons. The fourth-order valence-electron chi connectivity index (χ4n) is 1.53. The van der Waals surface area contributed by atoms with Crippen LogP contribution in [-0.2, 0) is 10.0 Å². The van der Waals surface area contributed by atoms with E-state index in [-0.39, 0.29) is 9.47 Å². The van der Waals surface area contributed by atoms with Gasteiger partial charge < -0.3 is 5.73 Å². The molecule has 2 aromatic rings. The van der Waals surface area contributed by atoms with Crippen molar-refractivity contribution in [1.29, 1.82) is 0 Å². The summed E-state index contributed by atoms with van der Waals surface area (Å²) in [5, 5.41) is 7.14. The highest BCUT2D eigenvalue weighted by Crippen LogP contribution is 2.27. The predicted molar refractivity (Wildman–Crippen MR) is 78.7 cm³/mol. The van der Waals surface area contributed by atoms with E-state index >= 15 is 0 Å². The molecule has 1 aromatic carbocycles. The largest absolute Gasteiger partial charge is 0.374 e. The van der Waals surface area contributed by atoms with E-state index in [1.807, 2.05) is 13.8 Å². The third-order valence-electron chi connectivity index (χ3n) is 2.34. The number of aromatic nitrogens is 2. The van der Waals surface area contributed by atoms with Crippen LogP contribution in [-0.4, -0.2) is 18.6 Å². The van der Waals surface area contributed by atoms with Crippen LogP contribution in [0.3, 0.4) is 0 Å². The minimum atomic E-state index is -3.74. The van der Waals surface area contributed by atoms with Crippen molar-refractivity contribution >= 4 is 48.1 Å². The predicted octanol–water partition coefficient (Wildman–Crippen LogP) is 2.30. The molecule has 2 rings (SSSR count). The van der Waals surface area contributed by atoms with Gasteiger partial charge in [0.2, 0.25) is 5.13 Å². The standard InChI is InChI=1S/C10H11BrN4O2S2/c1-5-3-7(4-6(2)8(5)11)15-19(16,17)10-14-13-9(12)18-10/h3-4,15H,1-2H3,(H2,12,13). The molecule has 1 aromatic heterocycles. The molecular formula is C10H11BrN4O2S2. The summed E-state index contributed by atoms with van der Waals surface area (Å²) in [5.41, 5.74) is 7.74. The molecule has 0 fully saturated rings. The zero-order chi connectivity index (χ0) is 14.2. The van der Waals surface area contributed by atoms with Gasteiger partial charge in [0, 0.05) is 10.2 Å². The number of hydrogen-bond acceptors (Lipinski definition) is 6. The van der Waals surface area contributed by atoms with Crippen molar-refractivity contribution in [1.82, 2.24) is 10.2 Å².